The number of rotatable bonds is 4. The number of pyridine rings is 1. The van der Waals surface area contributed by atoms with E-state index in [0.29, 0.717) is 18.1 Å². The van der Waals surface area contributed by atoms with Crippen LogP contribution in [0.3, 0.4) is 0 Å². The van der Waals surface area contributed by atoms with Gasteiger partial charge in [-0.15, -0.1) is 0 Å². The van der Waals surface area contributed by atoms with Crippen LogP contribution in [0.5, 0.6) is 0 Å². The summed E-state index contributed by atoms with van der Waals surface area (Å²) < 4.78 is 7.61. The van der Waals surface area contributed by atoms with Crippen LogP contribution in [0.1, 0.15) is 5.56 Å². The molecule has 0 saturated heterocycles. The Balaban J connectivity index is 1.66. The van der Waals surface area contributed by atoms with E-state index in [9.17, 15) is 4.79 Å². The fourth-order valence-corrected chi connectivity index (χ4v) is 2.88. The number of aromatic nitrogens is 5. The normalized spacial score (nSPS) is 10.8. The Morgan fingerprint density at radius 1 is 1.08 bits per heavy atom. The first-order valence-electron chi connectivity index (χ1n) is 7.76. The number of hydrogen-bond acceptors (Lipinski definition) is 6. The molecule has 3 aromatic heterocycles. The molecule has 0 unspecified atom stereocenters. The number of hydrogen-bond donors (Lipinski definition) is 0. The molecule has 3 heterocycles. The first kappa shape index (κ1) is 16.3. The Bertz CT molecular complexity index is 1110. The summed E-state index contributed by atoms with van der Waals surface area (Å²) >= 11 is 3.42. The number of nitrogens with zero attached hydrogens (tertiary/aromatic N) is 5. The van der Waals surface area contributed by atoms with Gasteiger partial charge in [-0.1, -0.05) is 33.2 Å². The molecule has 4 rings (SSSR count). The molecule has 0 aliphatic heterocycles. The van der Waals surface area contributed by atoms with Crippen LogP contribution in [0.4, 0.5) is 0 Å². The van der Waals surface area contributed by atoms with E-state index in [1.54, 1.807) is 30.6 Å². The quantitative estimate of drug-likeness (QED) is 0.514. The number of benzene rings is 1. The smallest absolute Gasteiger partial charge is 0.278 e. The molecule has 0 radical (unpaired) electrons. The standard InChI is InChI=1S/C18H12BrN5O2/c19-14-3-1-2-12(10-14)11-24-16(25)5-4-15(22-24)18-21-17(23-26-18)13-6-8-20-9-7-13/h1-10H,11H2. The summed E-state index contributed by atoms with van der Waals surface area (Å²) in [5.74, 6) is 0.689. The maximum Gasteiger partial charge on any atom is 0.278 e. The van der Waals surface area contributed by atoms with Gasteiger partial charge in [0.1, 0.15) is 5.69 Å². The maximum atomic E-state index is 12.1. The van der Waals surface area contributed by atoms with Crippen LogP contribution >= 0.6 is 15.9 Å². The molecule has 0 aliphatic rings. The van der Waals surface area contributed by atoms with Crippen LogP contribution in [0.15, 0.2) is 74.7 Å². The lowest BCUT2D eigenvalue weighted by atomic mass is 10.2. The highest BCUT2D eigenvalue weighted by Gasteiger charge is 2.13. The molecule has 8 heteroatoms. The van der Waals surface area contributed by atoms with Crippen molar-refractivity contribution < 1.29 is 4.52 Å². The SMILES string of the molecule is O=c1ccc(-c2nc(-c3ccncc3)no2)nn1Cc1cccc(Br)c1. The molecule has 0 atom stereocenters. The minimum Gasteiger partial charge on any atom is -0.332 e. The highest BCUT2D eigenvalue weighted by atomic mass is 79.9. The minimum absolute atomic E-state index is 0.206. The third kappa shape index (κ3) is 3.45. The second-order valence-corrected chi connectivity index (χ2v) is 6.42. The Hall–Kier alpha value is -3.13. The van der Waals surface area contributed by atoms with E-state index in [-0.39, 0.29) is 11.4 Å². The first-order valence-corrected chi connectivity index (χ1v) is 8.55. The van der Waals surface area contributed by atoms with Crippen molar-refractivity contribution >= 4 is 15.9 Å². The topological polar surface area (TPSA) is 86.7 Å². The summed E-state index contributed by atoms with van der Waals surface area (Å²) in [5.41, 5.74) is 1.97. The molecular weight excluding hydrogens is 398 g/mol. The van der Waals surface area contributed by atoms with Crippen molar-refractivity contribution in [2.24, 2.45) is 0 Å². The van der Waals surface area contributed by atoms with Gasteiger partial charge in [0.05, 0.1) is 6.54 Å². The van der Waals surface area contributed by atoms with Crippen molar-refractivity contribution in [3.05, 3.63) is 81.3 Å². The second kappa shape index (κ2) is 7.01. The highest BCUT2D eigenvalue weighted by molar-refractivity contribution is 9.10. The molecule has 1 aromatic carbocycles. The molecule has 0 saturated carbocycles. The van der Waals surface area contributed by atoms with Gasteiger partial charge in [-0.3, -0.25) is 9.78 Å². The van der Waals surface area contributed by atoms with Crippen LogP contribution in [-0.2, 0) is 6.54 Å². The zero-order chi connectivity index (χ0) is 17.9. The molecule has 0 spiro atoms. The van der Waals surface area contributed by atoms with Gasteiger partial charge < -0.3 is 4.52 Å². The third-order valence-electron chi connectivity index (χ3n) is 3.67. The van der Waals surface area contributed by atoms with Crippen molar-refractivity contribution in [2.75, 3.05) is 0 Å². The van der Waals surface area contributed by atoms with Gasteiger partial charge >= 0.3 is 0 Å². The second-order valence-electron chi connectivity index (χ2n) is 5.50. The summed E-state index contributed by atoms with van der Waals surface area (Å²) in [5, 5.41) is 8.32. The summed E-state index contributed by atoms with van der Waals surface area (Å²) in [4.78, 5) is 20.4. The van der Waals surface area contributed by atoms with E-state index in [1.807, 2.05) is 24.3 Å². The average molecular weight is 410 g/mol. The van der Waals surface area contributed by atoms with E-state index in [0.717, 1.165) is 15.6 Å². The fourth-order valence-electron chi connectivity index (χ4n) is 2.43. The summed E-state index contributed by atoms with van der Waals surface area (Å²) in [7, 11) is 0. The van der Waals surface area contributed by atoms with Gasteiger partial charge in [0, 0.05) is 28.5 Å². The largest absolute Gasteiger partial charge is 0.332 e. The predicted molar refractivity (Wildman–Crippen MR) is 98.3 cm³/mol. The van der Waals surface area contributed by atoms with Crippen LogP contribution in [0.2, 0.25) is 0 Å². The van der Waals surface area contributed by atoms with E-state index in [2.05, 4.69) is 36.2 Å². The van der Waals surface area contributed by atoms with Gasteiger partial charge in [0.2, 0.25) is 5.82 Å². The Labute approximate surface area is 156 Å². The van der Waals surface area contributed by atoms with Crippen LogP contribution in [0.25, 0.3) is 23.0 Å². The van der Waals surface area contributed by atoms with E-state index < -0.39 is 0 Å². The van der Waals surface area contributed by atoms with Gasteiger partial charge in [-0.25, -0.2) is 4.68 Å². The fraction of sp³-hybridized carbons (Fsp3) is 0.0556. The molecule has 26 heavy (non-hydrogen) atoms. The number of halogens is 1. The summed E-state index contributed by atoms with van der Waals surface area (Å²) in [6.07, 6.45) is 3.31. The van der Waals surface area contributed by atoms with Crippen molar-refractivity contribution in [1.29, 1.82) is 0 Å². The van der Waals surface area contributed by atoms with E-state index >= 15 is 0 Å². The summed E-state index contributed by atoms with van der Waals surface area (Å²) in [6, 6.07) is 14.3. The Kier molecular flexibility index (Phi) is 4.40. The van der Waals surface area contributed by atoms with E-state index in [1.165, 1.54) is 10.7 Å². The lowest BCUT2D eigenvalue weighted by molar-refractivity contribution is 0.429. The molecule has 0 amide bonds. The zero-order valence-corrected chi connectivity index (χ0v) is 15.0. The molecular formula is C18H12BrN5O2. The summed E-state index contributed by atoms with van der Waals surface area (Å²) in [6.45, 7) is 0.345. The lowest BCUT2D eigenvalue weighted by Gasteiger charge is -2.05. The van der Waals surface area contributed by atoms with Crippen LogP contribution in [0, 0.1) is 0 Å². The Morgan fingerprint density at radius 2 is 1.92 bits per heavy atom. The third-order valence-corrected chi connectivity index (χ3v) is 4.16. The van der Waals surface area contributed by atoms with Gasteiger partial charge in [0.25, 0.3) is 11.4 Å². The van der Waals surface area contributed by atoms with E-state index in [4.69, 9.17) is 4.52 Å². The lowest BCUT2D eigenvalue weighted by Crippen LogP contribution is -2.22. The van der Waals surface area contributed by atoms with Crippen molar-refractivity contribution in [3.63, 3.8) is 0 Å². The molecule has 128 valence electrons. The van der Waals surface area contributed by atoms with Crippen LogP contribution in [-0.4, -0.2) is 24.9 Å². The Morgan fingerprint density at radius 3 is 2.73 bits per heavy atom. The maximum absolute atomic E-state index is 12.1. The molecule has 4 aromatic rings. The molecule has 0 N–H and O–H groups in total. The van der Waals surface area contributed by atoms with Crippen molar-refractivity contribution in [2.45, 2.75) is 6.54 Å². The zero-order valence-electron chi connectivity index (χ0n) is 13.4. The van der Waals surface area contributed by atoms with Crippen LogP contribution < -0.4 is 5.56 Å². The van der Waals surface area contributed by atoms with Gasteiger partial charge in [-0.2, -0.15) is 10.1 Å². The highest BCUT2D eigenvalue weighted by Crippen LogP contribution is 2.19. The van der Waals surface area contributed by atoms with Crippen molar-refractivity contribution in [3.8, 4) is 23.0 Å². The van der Waals surface area contributed by atoms with Crippen molar-refractivity contribution in [1.82, 2.24) is 24.9 Å². The predicted octanol–water partition coefficient (Wildman–Crippen LogP) is 3.17. The molecule has 7 nitrogen and oxygen atoms in total. The van der Waals surface area contributed by atoms with Gasteiger partial charge in [0.15, 0.2) is 0 Å². The first-order chi connectivity index (χ1) is 12.7. The average Bonchev–Trinajstić information content (AvgIpc) is 3.14. The molecule has 0 bridgehead atoms. The van der Waals surface area contributed by atoms with Gasteiger partial charge in [-0.05, 0) is 35.9 Å². The molecule has 0 aliphatic carbocycles. The molecule has 0 fully saturated rings. The minimum atomic E-state index is -0.206. The monoisotopic (exact) mass is 409 g/mol.